The maximum Gasteiger partial charge on any atom is 0.255 e. The predicted octanol–water partition coefficient (Wildman–Crippen LogP) is 4.21. The van der Waals surface area contributed by atoms with E-state index in [0.717, 1.165) is 49.9 Å². The summed E-state index contributed by atoms with van der Waals surface area (Å²) in [7, 11) is 0. The van der Waals surface area contributed by atoms with Crippen molar-refractivity contribution in [1.82, 2.24) is 9.80 Å². The van der Waals surface area contributed by atoms with E-state index in [1.807, 2.05) is 24.0 Å². The lowest BCUT2D eigenvalue weighted by Gasteiger charge is -2.41. The van der Waals surface area contributed by atoms with Crippen LogP contribution in [0.4, 0.5) is 5.69 Å². The second-order valence-corrected chi connectivity index (χ2v) is 9.66. The molecule has 2 aromatic carbocycles. The van der Waals surface area contributed by atoms with E-state index in [-0.39, 0.29) is 17.9 Å². The molecule has 7 heteroatoms. The number of nitrogens with zero attached hydrogens (tertiary/aromatic N) is 4. The molecule has 35 heavy (non-hydrogen) atoms. The number of amides is 2. The summed E-state index contributed by atoms with van der Waals surface area (Å²) in [6, 6.07) is 14.5. The predicted molar refractivity (Wildman–Crippen MR) is 133 cm³/mol. The second-order valence-electron chi connectivity index (χ2n) is 9.66. The van der Waals surface area contributed by atoms with Crippen molar-refractivity contribution in [1.29, 1.82) is 10.5 Å². The largest absolute Gasteiger partial charge is 0.337 e. The van der Waals surface area contributed by atoms with Crippen molar-refractivity contribution in [3.63, 3.8) is 0 Å². The number of nitriles is 2. The van der Waals surface area contributed by atoms with Crippen LogP contribution in [0.25, 0.3) is 0 Å². The molecule has 1 heterocycles. The third kappa shape index (κ3) is 5.53. The number of hydrogen-bond donors (Lipinski definition) is 1. The molecule has 0 unspecified atom stereocenters. The zero-order valence-electron chi connectivity index (χ0n) is 20.4. The summed E-state index contributed by atoms with van der Waals surface area (Å²) in [6.45, 7) is 6.97. The molecule has 1 aliphatic heterocycles. The van der Waals surface area contributed by atoms with Crippen molar-refractivity contribution in [2.45, 2.75) is 52.1 Å². The lowest BCUT2D eigenvalue weighted by atomic mass is 10.0. The Hall–Kier alpha value is -3.68. The first-order valence-corrected chi connectivity index (χ1v) is 12.3. The number of nitrogens with one attached hydrogen (secondary N) is 1. The maximum absolute atomic E-state index is 12.9. The van der Waals surface area contributed by atoms with Gasteiger partial charge in [0.2, 0.25) is 5.91 Å². The molecule has 7 nitrogen and oxygen atoms in total. The highest BCUT2D eigenvalue weighted by molar-refractivity contribution is 6.05. The van der Waals surface area contributed by atoms with Crippen LogP contribution in [-0.2, 0) is 11.3 Å². The van der Waals surface area contributed by atoms with Gasteiger partial charge >= 0.3 is 0 Å². The molecule has 0 bridgehead atoms. The van der Waals surface area contributed by atoms with Gasteiger partial charge in [-0.15, -0.1) is 0 Å². The Balaban J connectivity index is 1.47. The molecule has 2 amide bonds. The van der Waals surface area contributed by atoms with Crippen molar-refractivity contribution in [2.75, 3.05) is 25.0 Å². The fourth-order valence-corrected chi connectivity index (χ4v) is 5.21. The molecule has 180 valence electrons. The lowest BCUT2D eigenvalue weighted by Crippen LogP contribution is -2.54. The highest BCUT2D eigenvalue weighted by Gasteiger charge is 2.33. The average Bonchev–Trinajstić information content (AvgIpc) is 3.41. The van der Waals surface area contributed by atoms with Crippen LogP contribution in [0, 0.1) is 35.5 Å². The number of anilines is 1. The van der Waals surface area contributed by atoms with Crippen LogP contribution < -0.4 is 5.32 Å². The molecule has 2 aliphatic rings. The number of carbonyl (C=O) groups excluding carboxylic acids is 2. The quantitative estimate of drug-likeness (QED) is 0.707. The molecule has 2 aromatic rings. The van der Waals surface area contributed by atoms with Crippen LogP contribution in [-0.4, -0.2) is 47.3 Å². The zero-order valence-corrected chi connectivity index (χ0v) is 20.4. The van der Waals surface area contributed by atoms with E-state index < -0.39 is 0 Å². The Labute approximate surface area is 206 Å². The van der Waals surface area contributed by atoms with E-state index in [4.69, 9.17) is 5.26 Å². The topological polar surface area (TPSA) is 100 Å². The van der Waals surface area contributed by atoms with Gasteiger partial charge in [0.05, 0.1) is 23.3 Å². The molecule has 1 aliphatic carbocycles. The van der Waals surface area contributed by atoms with Crippen LogP contribution >= 0.6 is 0 Å². The van der Waals surface area contributed by atoms with Crippen molar-refractivity contribution in [2.24, 2.45) is 5.92 Å². The third-order valence-electron chi connectivity index (χ3n) is 7.24. The molecule has 1 atom stereocenters. The van der Waals surface area contributed by atoms with Crippen molar-refractivity contribution in [3.05, 3.63) is 64.2 Å². The van der Waals surface area contributed by atoms with E-state index in [9.17, 15) is 14.9 Å². The Morgan fingerprint density at radius 3 is 2.49 bits per heavy atom. The molecule has 0 radical (unpaired) electrons. The third-order valence-corrected chi connectivity index (χ3v) is 7.24. The molecule has 1 saturated carbocycles. The number of benzene rings is 2. The summed E-state index contributed by atoms with van der Waals surface area (Å²) in [5.74, 6) is 0.181. The van der Waals surface area contributed by atoms with Gasteiger partial charge in [-0.05, 0) is 68.1 Å². The Kier molecular flexibility index (Phi) is 7.48. The van der Waals surface area contributed by atoms with Gasteiger partial charge in [-0.3, -0.25) is 14.5 Å². The molecule has 0 spiro atoms. The van der Waals surface area contributed by atoms with E-state index in [1.54, 1.807) is 30.3 Å². The van der Waals surface area contributed by atoms with Crippen LogP contribution in [0.15, 0.2) is 36.4 Å². The van der Waals surface area contributed by atoms with Crippen LogP contribution in [0.1, 0.15) is 65.2 Å². The minimum absolute atomic E-state index is 0.142. The van der Waals surface area contributed by atoms with Crippen LogP contribution in [0.3, 0.4) is 0 Å². The Morgan fingerprint density at radius 1 is 1.06 bits per heavy atom. The molecule has 1 saturated heterocycles. The summed E-state index contributed by atoms with van der Waals surface area (Å²) in [5.41, 5.74) is 3.77. The maximum atomic E-state index is 12.9. The van der Waals surface area contributed by atoms with Crippen molar-refractivity contribution in [3.8, 4) is 12.1 Å². The molecule has 4 rings (SSSR count). The van der Waals surface area contributed by atoms with Gasteiger partial charge in [-0.2, -0.15) is 10.5 Å². The van der Waals surface area contributed by atoms with Gasteiger partial charge in [0.1, 0.15) is 0 Å². The number of rotatable bonds is 5. The minimum atomic E-state index is -0.320. The van der Waals surface area contributed by atoms with Gasteiger partial charge in [0, 0.05) is 49.4 Å². The summed E-state index contributed by atoms with van der Waals surface area (Å²) in [6.07, 6.45) is 4.34. The number of carbonyl (C=O) groups is 2. The van der Waals surface area contributed by atoms with Gasteiger partial charge in [0.25, 0.3) is 5.91 Å². The van der Waals surface area contributed by atoms with Gasteiger partial charge in [-0.1, -0.05) is 18.9 Å². The van der Waals surface area contributed by atoms with Crippen molar-refractivity contribution < 1.29 is 9.59 Å². The SMILES string of the molecule is Cc1c(CN2CCN(C(=O)C3CCCC3)[C@@H](C)C2)cc(C#N)cc1NC(=O)c1cccc(C#N)c1. The van der Waals surface area contributed by atoms with Crippen LogP contribution in [0.2, 0.25) is 0 Å². The van der Waals surface area contributed by atoms with Gasteiger partial charge < -0.3 is 10.2 Å². The zero-order chi connectivity index (χ0) is 24.9. The number of hydrogen-bond acceptors (Lipinski definition) is 5. The van der Waals surface area contributed by atoms with E-state index in [1.165, 1.54) is 0 Å². The number of piperazine rings is 1. The molecular weight excluding hydrogens is 438 g/mol. The highest BCUT2D eigenvalue weighted by Crippen LogP contribution is 2.29. The summed E-state index contributed by atoms with van der Waals surface area (Å²) >= 11 is 0. The first-order chi connectivity index (χ1) is 16.9. The van der Waals surface area contributed by atoms with E-state index in [0.29, 0.717) is 41.4 Å². The monoisotopic (exact) mass is 469 g/mol. The van der Waals surface area contributed by atoms with Gasteiger partial charge in [0.15, 0.2) is 0 Å². The molecule has 1 N–H and O–H groups in total. The molecule has 2 fully saturated rings. The van der Waals surface area contributed by atoms with E-state index in [2.05, 4.69) is 23.2 Å². The highest BCUT2D eigenvalue weighted by atomic mass is 16.2. The summed E-state index contributed by atoms with van der Waals surface area (Å²) < 4.78 is 0. The Morgan fingerprint density at radius 2 is 1.80 bits per heavy atom. The average molecular weight is 470 g/mol. The first-order valence-electron chi connectivity index (χ1n) is 12.3. The van der Waals surface area contributed by atoms with E-state index >= 15 is 0 Å². The molecule has 0 aromatic heterocycles. The smallest absolute Gasteiger partial charge is 0.255 e. The minimum Gasteiger partial charge on any atom is -0.337 e. The standard InChI is InChI=1S/C28H31N5O2/c1-19-17-32(10-11-33(19)28(35)23-7-3-4-8-23)18-25-13-22(16-30)14-26(20(25)2)31-27(34)24-9-5-6-21(12-24)15-29/h5-6,9,12-14,19,23H,3-4,7-8,10-11,17-18H2,1-2H3,(H,31,34)/t19-/m0/s1. The second kappa shape index (κ2) is 10.7. The fraction of sp³-hybridized carbons (Fsp3) is 0.429. The summed E-state index contributed by atoms with van der Waals surface area (Å²) in [5, 5.41) is 21.6. The fourth-order valence-electron chi connectivity index (χ4n) is 5.21. The molecular formula is C28H31N5O2. The Bertz CT molecular complexity index is 1200. The summed E-state index contributed by atoms with van der Waals surface area (Å²) in [4.78, 5) is 30.1. The normalized spacial score (nSPS) is 18.6. The van der Waals surface area contributed by atoms with Crippen LogP contribution in [0.5, 0.6) is 0 Å². The van der Waals surface area contributed by atoms with Gasteiger partial charge in [-0.25, -0.2) is 0 Å². The lowest BCUT2D eigenvalue weighted by molar-refractivity contribution is -0.140. The first kappa shape index (κ1) is 24.4. The van der Waals surface area contributed by atoms with Crippen molar-refractivity contribution >= 4 is 17.5 Å².